The standard InChI is InChI=1S/C12H20N2O2S3/c1-8-5-12(18-11(8)7-13)19(15,16)14-9-3-4-10(6-9)17-2/h5,9-10,14H,3-4,6-7,13H2,1-2H3. The van der Waals surface area contributed by atoms with Crippen LogP contribution in [0.1, 0.15) is 29.7 Å². The summed E-state index contributed by atoms with van der Waals surface area (Å²) in [6.07, 6.45) is 5.02. The van der Waals surface area contributed by atoms with Gasteiger partial charge < -0.3 is 5.73 Å². The number of hydrogen-bond donors (Lipinski definition) is 2. The molecule has 0 spiro atoms. The average molecular weight is 321 g/mol. The summed E-state index contributed by atoms with van der Waals surface area (Å²) < 4.78 is 27.8. The van der Waals surface area contributed by atoms with Gasteiger partial charge in [0.2, 0.25) is 10.0 Å². The van der Waals surface area contributed by atoms with E-state index in [1.165, 1.54) is 11.3 Å². The van der Waals surface area contributed by atoms with Crippen molar-refractivity contribution in [1.82, 2.24) is 4.72 Å². The van der Waals surface area contributed by atoms with Gasteiger partial charge in [0, 0.05) is 22.7 Å². The molecule has 19 heavy (non-hydrogen) atoms. The van der Waals surface area contributed by atoms with Gasteiger partial charge >= 0.3 is 0 Å². The molecule has 1 aliphatic carbocycles. The Kier molecular flexibility index (Phi) is 4.94. The van der Waals surface area contributed by atoms with Crippen LogP contribution in [-0.4, -0.2) is 26.0 Å². The summed E-state index contributed by atoms with van der Waals surface area (Å²) in [7, 11) is -3.38. The Bertz CT molecular complexity index is 539. The van der Waals surface area contributed by atoms with Gasteiger partial charge in [-0.2, -0.15) is 11.8 Å². The lowest BCUT2D eigenvalue weighted by molar-refractivity contribution is 0.554. The van der Waals surface area contributed by atoms with E-state index in [2.05, 4.69) is 11.0 Å². The third kappa shape index (κ3) is 3.52. The van der Waals surface area contributed by atoms with Crippen LogP contribution in [0.15, 0.2) is 10.3 Å². The largest absolute Gasteiger partial charge is 0.326 e. The van der Waals surface area contributed by atoms with E-state index in [0.29, 0.717) is 16.0 Å². The number of hydrogen-bond acceptors (Lipinski definition) is 5. The van der Waals surface area contributed by atoms with Crippen LogP contribution in [0.2, 0.25) is 0 Å². The number of aryl methyl sites for hydroxylation is 1. The quantitative estimate of drug-likeness (QED) is 0.871. The van der Waals surface area contributed by atoms with Gasteiger partial charge in [0.25, 0.3) is 0 Å². The van der Waals surface area contributed by atoms with Crippen LogP contribution in [0.5, 0.6) is 0 Å². The average Bonchev–Trinajstić information content (AvgIpc) is 2.95. The normalized spacial score (nSPS) is 23.9. The van der Waals surface area contributed by atoms with Crippen LogP contribution >= 0.6 is 23.1 Å². The second-order valence-electron chi connectivity index (χ2n) is 4.86. The molecular formula is C12H20N2O2S3. The minimum absolute atomic E-state index is 0.0752. The number of nitrogens with one attached hydrogen (secondary N) is 1. The smallest absolute Gasteiger partial charge is 0.250 e. The van der Waals surface area contributed by atoms with E-state index >= 15 is 0 Å². The van der Waals surface area contributed by atoms with Crippen molar-refractivity contribution in [3.8, 4) is 0 Å². The number of rotatable bonds is 5. The molecular weight excluding hydrogens is 300 g/mol. The van der Waals surface area contributed by atoms with Crippen molar-refractivity contribution in [3.63, 3.8) is 0 Å². The first-order chi connectivity index (χ1) is 8.96. The molecule has 1 aliphatic rings. The van der Waals surface area contributed by atoms with Crippen molar-refractivity contribution in [1.29, 1.82) is 0 Å². The third-order valence-corrected chi connectivity index (χ3v) is 7.84. The van der Waals surface area contributed by atoms with E-state index < -0.39 is 10.0 Å². The van der Waals surface area contributed by atoms with E-state index in [1.807, 2.05) is 18.7 Å². The molecule has 0 saturated heterocycles. The Morgan fingerprint density at radius 2 is 2.26 bits per heavy atom. The van der Waals surface area contributed by atoms with Crippen molar-refractivity contribution in [3.05, 3.63) is 16.5 Å². The molecule has 1 fully saturated rings. The van der Waals surface area contributed by atoms with Crippen molar-refractivity contribution >= 4 is 33.1 Å². The van der Waals surface area contributed by atoms with Crippen molar-refractivity contribution < 1.29 is 8.42 Å². The van der Waals surface area contributed by atoms with Gasteiger partial charge in [-0.15, -0.1) is 11.3 Å². The summed E-state index contributed by atoms with van der Waals surface area (Å²) in [6.45, 7) is 2.29. The fourth-order valence-corrected chi connectivity index (χ4v) is 5.93. The monoisotopic (exact) mass is 320 g/mol. The first-order valence-corrected chi connectivity index (χ1v) is 9.89. The molecule has 0 amide bonds. The van der Waals surface area contributed by atoms with Crippen LogP contribution in [0, 0.1) is 6.92 Å². The molecule has 4 nitrogen and oxygen atoms in total. The highest BCUT2D eigenvalue weighted by Gasteiger charge is 2.29. The summed E-state index contributed by atoms with van der Waals surface area (Å²) in [5.74, 6) is 0. The van der Waals surface area contributed by atoms with Crippen molar-refractivity contribution in [2.75, 3.05) is 6.26 Å². The molecule has 1 aromatic heterocycles. The first kappa shape index (κ1) is 15.3. The van der Waals surface area contributed by atoms with Gasteiger partial charge in [-0.3, -0.25) is 0 Å². The third-order valence-electron chi connectivity index (χ3n) is 3.49. The molecule has 0 bridgehead atoms. The molecule has 1 aromatic rings. The maximum absolute atomic E-state index is 12.3. The van der Waals surface area contributed by atoms with E-state index in [1.54, 1.807) is 6.07 Å². The Balaban J connectivity index is 2.10. The predicted octanol–water partition coefficient (Wildman–Crippen LogP) is 2.08. The molecule has 108 valence electrons. The zero-order valence-corrected chi connectivity index (χ0v) is 13.6. The number of nitrogens with two attached hydrogens (primary N) is 1. The van der Waals surface area contributed by atoms with Crippen LogP contribution in [-0.2, 0) is 16.6 Å². The van der Waals surface area contributed by atoms with Crippen LogP contribution in [0.3, 0.4) is 0 Å². The van der Waals surface area contributed by atoms with Crippen molar-refractivity contribution in [2.45, 2.75) is 48.2 Å². The number of thiophene rings is 1. The van der Waals surface area contributed by atoms with Crippen molar-refractivity contribution in [2.24, 2.45) is 5.73 Å². The molecule has 2 rings (SSSR count). The topological polar surface area (TPSA) is 72.2 Å². The highest BCUT2D eigenvalue weighted by atomic mass is 32.2. The lowest BCUT2D eigenvalue weighted by Crippen LogP contribution is -2.32. The molecule has 2 atom stereocenters. The fraction of sp³-hybridized carbons (Fsp3) is 0.667. The minimum atomic E-state index is -3.38. The summed E-state index contributed by atoms with van der Waals surface area (Å²) in [5.41, 5.74) is 6.56. The van der Waals surface area contributed by atoms with Gasteiger partial charge in [0.15, 0.2) is 0 Å². The van der Waals surface area contributed by atoms with Crippen LogP contribution in [0.4, 0.5) is 0 Å². The Morgan fingerprint density at radius 1 is 1.53 bits per heavy atom. The SMILES string of the molecule is CSC1CCC(NS(=O)(=O)c2cc(C)c(CN)s2)C1. The molecule has 0 radical (unpaired) electrons. The van der Waals surface area contributed by atoms with Gasteiger partial charge in [-0.1, -0.05) is 0 Å². The number of thioether (sulfide) groups is 1. The Hall–Kier alpha value is -0.0800. The van der Waals surface area contributed by atoms with Gasteiger partial charge in [-0.25, -0.2) is 13.1 Å². The van der Waals surface area contributed by atoms with Gasteiger partial charge in [0.05, 0.1) is 0 Å². The summed E-state index contributed by atoms with van der Waals surface area (Å²) in [6, 6.07) is 1.79. The van der Waals surface area contributed by atoms with E-state index in [0.717, 1.165) is 29.7 Å². The summed E-state index contributed by atoms with van der Waals surface area (Å²) in [4.78, 5) is 0.939. The molecule has 0 aliphatic heterocycles. The Labute approximate surface area is 123 Å². The molecule has 1 heterocycles. The molecule has 0 aromatic carbocycles. The maximum atomic E-state index is 12.3. The zero-order chi connectivity index (χ0) is 14.0. The van der Waals surface area contributed by atoms with Crippen LogP contribution < -0.4 is 10.5 Å². The highest BCUT2D eigenvalue weighted by molar-refractivity contribution is 7.99. The second kappa shape index (κ2) is 6.13. The Morgan fingerprint density at radius 3 is 2.79 bits per heavy atom. The van der Waals surface area contributed by atoms with E-state index in [4.69, 9.17) is 5.73 Å². The van der Waals surface area contributed by atoms with Gasteiger partial charge in [-0.05, 0) is 44.1 Å². The fourth-order valence-electron chi connectivity index (χ4n) is 2.36. The molecule has 1 saturated carbocycles. The molecule has 7 heteroatoms. The first-order valence-electron chi connectivity index (χ1n) is 6.30. The van der Waals surface area contributed by atoms with Crippen LogP contribution in [0.25, 0.3) is 0 Å². The maximum Gasteiger partial charge on any atom is 0.250 e. The predicted molar refractivity (Wildman–Crippen MR) is 82.2 cm³/mol. The lowest BCUT2D eigenvalue weighted by Gasteiger charge is -2.12. The zero-order valence-electron chi connectivity index (χ0n) is 11.2. The second-order valence-corrected chi connectivity index (χ2v) is 9.08. The van der Waals surface area contributed by atoms with Gasteiger partial charge in [0.1, 0.15) is 4.21 Å². The molecule has 3 N–H and O–H groups in total. The number of sulfonamides is 1. The summed E-state index contributed by atoms with van der Waals surface area (Å²) in [5, 5.41) is 0.581. The lowest BCUT2D eigenvalue weighted by atomic mass is 10.3. The van der Waals surface area contributed by atoms with E-state index in [9.17, 15) is 8.42 Å². The molecule has 2 unspecified atom stereocenters. The van der Waals surface area contributed by atoms with E-state index in [-0.39, 0.29) is 6.04 Å². The summed E-state index contributed by atoms with van der Waals surface area (Å²) >= 11 is 3.10. The highest BCUT2D eigenvalue weighted by Crippen LogP contribution is 2.31. The minimum Gasteiger partial charge on any atom is -0.326 e.